The van der Waals surface area contributed by atoms with Gasteiger partial charge in [0.25, 0.3) is 5.91 Å². The molecule has 0 heterocycles. The molecule has 3 nitrogen and oxygen atoms in total. The van der Waals surface area contributed by atoms with Gasteiger partial charge in [-0.15, -0.1) is 0 Å². The van der Waals surface area contributed by atoms with Gasteiger partial charge in [0.15, 0.2) is 6.10 Å². The predicted molar refractivity (Wildman–Crippen MR) is 94.1 cm³/mol. The number of aryl methyl sites for hydroxylation is 2. The van der Waals surface area contributed by atoms with Crippen molar-refractivity contribution >= 4 is 17.5 Å². The first kappa shape index (κ1) is 17.4. The van der Waals surface area contributed by atoms with E-state index >= 15 is 0 Å². The van der Waals surface area contributed by atoms with E-state index in [2.05, 4.69) is 17.4 Å². The molecule has 2 aromatic rings. The van der Waals surface area contributed by atoms with Crippen LogP contribution in [0.15, 0.2) is 48.5 Å². The standard InChI is InChI=1S/C19H22ClNO2/c1-14-13-17(10-11-18(14)20)23-15(2)19(22)21-12-6-9-16-7-4-3-5-8-16/h3-5,7-8,10-11,13,15H,6,9,12H2,1-2H3,(H,21,22). The highest BCUT2D eigenvalue weighted by Gasteiger charge is 2.14. The highest BCUT2D eigenvalue weighted by Crippen LogP contribution is 2.21. The minimum Gasteiger partial charge on any atom is -0.481 e. The smallest absolute Gasteiger partial charge is 0.260 e. The number of hydrogen-bond acceptors (Lipinski definition) is 2. The number of nitrogens with one attached hydrogen (secondary N) is 1. The van der Waals surface area contributed by atoms with Gasteiger partial charge in [-0.3, -0.25) is 4.79 Å². The first-order chi connectivity index (χ1) is 11.1. The Bertz CT molecular complexity index is 643. The van der Waals surface area contributed by atoms with Gasteiger partial charge in [0.1, 0.15) is 5.75 Å². The Morgan fingerprint density at radius 3 is 2.65 bits per heavy atom. The lowest BCUT2D eigenvalue weighted by Gasteiger charge is -2.15. The van der Waals surface area contributed by atoms with Gasteiger partial charge in [-0.1, -0.05) is 41.9 Å². The molecule has 0 fully saturated rings. The number of amides is 1. The molecule has 0 radical (unpaired) electrons. The summed E-state index contributed by atoms with van der Waals surface area (Å²) in [5, 5.41) is 3.60. The Balaban J connectivity index is 1.73. The average molecular weight is 332 g/mol. The Kier molecular flexibility index (Phi) is 6.48. The van der Waals surface area contributed by atoms with Crippen LogP contribution in [0.25, 0.3) is 0 Å². The van der Waals surface area contributed by atoms with Crippen LogP contribution in [0, 0.1) is 6.92 Å². The molecule has 1 atom stereocenters. The van der Waals surface area contributed by atoms with Crippen molar-refractivity contribution in [3.63, 3.8) is 0 Å². The summed E-state index contributed by atoms with van der Waals surface area (Å²) in [6.07, 6.45) is 1.32. The third-order valence-corrected chi connectivity index (χ3v) is 4.02. The molecule has 122 valence electrons. The van der Waals surface area contributed by atoms with Crippen LogP contribution in [0.5, 0.6) is 5.75 Å². The summed E-state index contributed by atoms with van der Waals surface area (Å²) in [4.78, 5) is 12.0. The molecule has 0 aliphatic rings. The number of carbonyl (C=O) groups is 1. The maximum Gasteiger partial charge on any atom is 0.260 e. The van der Waals surface area contributed by atoms with Crippen molar-refractivity contribution in [2.45, 2.75) is 32.8 Å². The van der Waals surface area contributed by atoms with E-state index in [1.165, 1.54) is 5.56 Å². The van der Waals surface area contributed by atoms with E-state index in [4.69, 9.17) is 16.3 Å². The summed E-state index contributed by atoms with van der Waals surface area (Å²) in [5.41, 5.74) is 2.21. The van der Waals surface area contributed by atoms with Gasteiger partial charge in [0, 0.05) is 11.6 Å². The molecule has 0 saturated heterocycles. The van der Waals surface area contributed by atoms with Crippen molar-refractivity contribution < 1.29 is 9.53 Å². The number of rotatable bonds is 7. The van der Waals surface area contributed by atoms with Crippen LogP contribution in [0.2, 0.25) is 5.02 Å². The zero-order chi connectivity index (χ0) is 16.7. The van der Waals surface area contributed by atoms with Gasteiger partial charge < -0.3 is 10.1 Å². The molecule has 0 aliphatic heterocycles. The highest BCUT2D eigenvalue weighted by atomic mass is 35.5. The van der Waals surface area contributed by atoms with Crippen LogP contribution in [-0.4, -0.2) is 18.6 Å². The third-order valence-electron chi connectivity index (χ3n) is 3.60. The van der Waals surface area contributed by atoms with E-state index in [1.807, 2.05) is 31.2 Å². The second kappa shape index (κ2) is 8.59. The minimum absolute atomic E-state index is 0.106. The maximum absolute atomic E-state index is 12.0. The van der Waals surface area contributed by atoms with E-state index in [0.717, 1.165) is 18.4 Å². The second-order valence-electron chi connectivity index (χ2n) is 5.55. The molecular formula is C19H22ClNO2. The number of ether oxygens (including phenoxy) is 1. The fourth-order valence-electron chi connectivity index (χ4n) is 2.24. The van der Waals surface area contributed by atoms with Gasteiger partial charge >= 0.3 is 0 Å². The van der Waals surface area contributed by atoms with Gasteiger partial charge in [0.2, 0.25) is 0 Å². The molecule has 1 amide bonds. The Labute approximate surface area is 142 Å². The SMILES string of the molecule is Cc1cc(OC(C)C(=O)NCCCc2ccccc2)ccc1Cl. The first-order valence-corrected chi connectivity index (χ1v) is 8.18. The van der Waals surface area contributed by atoms with Crippen molar-refractivity contribution in [3.05, 3.63) is 64.7 Å². The van der Waals surface area contributed by atoms with Crippen molar-refractivity contribution in [3.8, 4) is 5.75 Å². The molecule has 2 rings (SSSR count). The van der Waals surface area contributed by atoms with Crippen molar-refractivity contribution in [2.75, 3.05) is 6.54 Å². The average Bonchev–Trinajstić information content (AvgIpc) is 2.55. The summed E-state index contributed by atoms with van der Waals surface area (Å²) in [6, 6.07) is 15.6. The van der Waals surface area contributed by atoms with Crippen molar-refractivity contribution in [1.82, 2.24) is 5.32 Å². The molecule has 1 unspecified atom stereocenters. The van der Waals surface area contributed by atoms with E-state index < -0.39 is 6.10 Å². The van der Waals surface area contributed by atoms with E-state index in [-0.39, 0.29) is 5.91 Å². The lowest BCUT2D eigenvalue weighted by molar-refractivity contribution is -0.127. The fourth-order valence-corrected chi connectivity index (χ4v) is 2.36. The Morgan fingerprint density at radius 1 is 1.22 bits per heavy atom. The van der Waals surface area contributed by atoms with Crippen molar-refractivity contribution in [1.29, 1.82) is 0 Å². The van der Waals surface area contributed by atoms with Gasteiger partial charge in [-0.05, 0) is 56.0 Å². The van der Waals surface area contributed by atoms with Crippen LogP contribution < -0.4 is 10.1 Å². The van der Waals surface area contributed by atoms with E-state index in [0.29, 0.717) is 17.3 Å². The minimum atomic E-state index is -0.535. The number of halogens is 1. The van der Waals surface area contributed by atoms with Gasteiger partial charge in [0.05, 0.1) is 0 Å². The molecule has 2 aromatic carbocycles. The molecule has 0 saturated carbocycles. The number of carbonyl (C=O) groups excluding carboxylic acids is 1. The van der Waals surface area contributed by atoms with Crippen LogP contribution in [0.1, 0.15) is 24.5 Å². The lowest BCUT2D eigenvalue weighted by atomic mass is 10.1. The largest absolute Gasteiger partial charge is 0.481 e. The summed E-state index contributed by atoms with van der Waals surface area (Å²) in [6.45, 7) is 4.29. The molecule has 0 aliphatic carbocycles. The normalized spacial score (nSPS) is 11.8. The van der Waals surface area contributed by atoms with E-state index in [1.54, 1.807) is 19.1 Å². The van der Waals surface area contributed by atoms with E-state index in [9.17, 15) is 4.79 Å². The molecule has 0 aromatic heterocycles. The zero-order valence-corrected chi connectivity index (χ0v) is 14.3. The fraction of sp³-hybridized carbons (Fsp3) is 0.316. The summed E-state index contributed by atoms with van der Waals surface area (Å²) >= 11 is 5.98. The second-order valence-corrected chi connectivity index (χ2v) is 5.96. The maximum atomic E-state index is 12.0. The molecule has 4 heteroatoms. The quantitative estimate of drug-likeness (QED) is 0.773. The lowest BCUT2D eigenvalue weighted by Crippen LogP contribution is -2.36. The van der Waals surface area contributed by atoms with Gasteiger partial charge in [-0.25, -0.2) is 0 Å². The van der Waals surface area contributed by atoms with Crippen LogP contribution in [-0.2, 0) is 11.2 Å². The Hall–Kier alpha value is -2.00. The summed E-state index contributed by atoms with van der Waals surface area (Å²) < 4.78 is 5.66. The Morgan fingerprint density at radius 2 is 1.96 bits per heavy atom. The molecular weight excluding hydrogens is 310 g/mol. The van der Waals surface area contributed by atoms with Crippen LogP contribution in [0.4, 0.5) is 0 Å². The molecule has 1 N–H and O–H groups in total. The van der Waals surface area contributed by atoms with Crippen LogP contribution >= 0.6 is 11.6 Å². The zero-order valence-electron chi connectivity index (χ0n) is 13.5. The topological polar surface area (TPSA) is 38.3 Å². The first-order valence-electron chi connectivity index (χ1n) is 7.80. The summed E-state index contributed by atoms with van der Waals surface area (Å²) in [5.74, 6) is 0.546. The summed E-state index contributed by atoms with van der Waals surface area (Å²) in [7, 11) is 0. The number of benzene rings is 2. The third kappa shape index (κ3) is 5.61. The predicted octanol–water partition coefficient (Wildman–Crippen LogP) is 4.16. The highest BCUT2D eigenvalue weighted by molar-refractivity contribution is 6.31. The van der Waals surface area contributed by atoms with Gasteiger partial charge in [-0.2, -0.15) is 0 Å². The molecule has 23 heavy (non-hydrogen) atoms. The molecule has 0 bridgehead atoms. The number of hydrogen-bond donors (Lipinski definition) is 1. The van der Waals surface area contributed by atoms with Crippen LogP contribution in [0.3, 0.4) is 0 Å². The monoisotopic (exact) mass is 331 g/mol. The van der Waals surface area contributed by atoms with Crippen molar-refractivity contribution in [2.24, 2.45) is 0 Å². The molecule has 0 spiro atoms.